The highest BCUT2D eigenvalue weighted by Gasteiger charge is 2.27. The van der Waals surface area contributed by atoms with E-state index in [4.69, 9.17) is 5.73 Å². The van der Waals surface area contributed by atoms with E-state index in [1.165, 1.54) is 15.6 Å². The molecule has 0 saturated carbocycles. The van der Waals surface area contributed by atoms with Gasteiger partial charge in [0.2, 0.25) is 0 Å². The summed E-state index contributed by atoms with van der Waals surface area (Å²) in [6.45, 7) is 2.23. The SMILES string of the molecule is Cc1[nH]nc(S(=O)(=O)N(C)Cc2cccs2)c1CN. The van der Waals surface area contributed by atoms with Crippen molar-refractivity contribution in [2.45, 2.75) is 25.0 Å². The minimum absolute atomic E-state index is 0.0200. The summed E-state index contributed by atoms with van der Waals surface area (Å²) in [5.74, 6) is 0. The van der Waals surface area contributed by atoms with Crippen molar-refractivity contribution in [1.82, 2.24) is 14.5 Å². The Balaban J connectivity index is 2.31. The minimum Gasteiger partial charge on any atom is -0.326 e. The first-order chi connectivity index (χ1) is 8.96. The maximum atomic E-state index is 12.4. The molecule has 0 amide bonds. The van der Waals surface area contributed by atoms with Gasteiger partial charge in [-0.2, -0.15) is 9.40 Å². The molecule has 2 aromatic rings. The maximum absolute atomic E-state index is 12.4. The number of H-pyrrole nitrogens is 1. The Hall–Kier alpha value is -1.22. The third-order valence-electron chi connectivity index (χ3n) is 2.85. The molecule has 0 bridgehead atoms. The van der Waals surface area contributed by atoms with Crippen molar-refractivity contribution in [3.8, 4) is 0 Å². The van der Waals surface area contributed by atoms with Crippen molar-refractivity contribution in [2.75, 3.05) is 7.05 Å². The third kappa shape index (κ3) is 2.71. The van der Waals surface area contributed by atoms with Gasteiger partial charge in [-0.15, -0.1) is 11.3 Å². The summed E-state index contributed by atoms with van der Waals surface area (Å²) < 4.78 is 26.2. The lowest BCUT2D eigenvalue weighted by Crippen LogP contribution is -2.27. The fraction of sp³-hybridized carbons (Fsp3) is 0.364. The smallest absolute Gasteiger partial charge is 0.262 e. The molecule has 0 fully saturated rings. The molecule has 0 unspecified atom stereocenters. The molecule has 2 heterocycles. The normalized spacial score (nSPS) is 12.2. The Morgan fingerprint density at radius 2 is 2.26 bits per heavy atom. The Morgan fingerprint density at radius 1 is 1.53 bits per heavy atom. The standard InChI is InChI=1S/C11H16N4O2S2/c1-8-10(6-12)11(14-13-8)19(16,17)15(2)7-9-4-3-5-18-9/h3-5H,6-7,12H2,1-2H3,(H,13,14). The average molecular weight is 300 g/mol. The Labute approximate surface area is 116 Å². The summed E-state index contributed by atoms with van der Waals surface area (Å²) in [5, 5.41) is 8.49. The quantitative estimate of drug-likeness (QED) is 0.863. The predicted molar refractivity (Wildman–Crippen MR) is 74.2 cm³/mol. The van der Waals surface area contributed by atoms with Gasteiger partial charge in [0.15, 0.2) is 5.03 Å². The first-order valence-corrected chi connectivity index (χ1v) is 8.01. The summed E-state index contributed by atoms with van der Waals surface area (Å²) in [7, 11) is -2.08. The highest BCUT2D eigenvalue weighted by Crippen LogP contribution is 2.21. The second kappa shape index (κ2) is 5.41. The van der Waals surface area contributed by atoms with Crippen molar-refractivity contribution in [3.05, 3.63) is 33.6 Å². The van der Waals surface area contributed by atoms with Gasteiger partial charge in [-0.25, -0.2) is 8.42 Å². The van der Waals surface area contributed by atoms with Crippen molar-refractivity contribution < 1.29 is 8.42 Å². The van der Waals surface area contributed by atoms with Gasteiger partial charge in [0.05, 0.1) is 0 Å². The zero-order valence-electron chi connectivity index (χ0n) is 10.8. The Morgan fingerprint density at radius 3 is 2.84 bits per heavy atom. The molecule has 0 aliphatic carbocycles. The van der Waals surface area contributed by atoms with Gasteiger partial charge in [0.25, 0.3) is 10.0 Å². The number of nitrogens with zero attached hydrogens (tertiary/aromatic N) is 2. The molecule has 0 aliphatic rings. The molecular formula is C11H16N4O2S2. The van der Waals surface area contributed by atoms with Crippen LogP contribution in [0.1, 0.15) is 16.1 Å². The summed E-state index contributed by atoms with van der Waals surface area (Å²) in [6, 6.07) is 3.79. The summed E-state index contributed by atoms with van der Waals surface area (Å²) >= 11 is 1.52. The molecule has 2 aromatic heterocycles. The molecule has 0 saturated heterocycles. The van der Waals surface area contributed by atoms with Crippen LogP contribution in [0.2, 0.25) is 0 Å². The lowest BCUT2D eigenvalue weighted by atomic mass is 10.3. The highest BCUT2D eigenvalue weighted by molar-refractivity contribution is 7.89. The minimum atomic E-state index is -3.62. The van der Waals surface area contributed by atoms with Crippen molar-refractivity contribution in [1.29, 1.82) is 0 Å². The van der Waals surface area contributed by atoms with Crippen LogP contribution in [0, 0.1) is 6.92 Å². The molecule has 2 rings (SSSR count). The molecule has 0 spiro atoms. The molecule has 3 N–H and O–H groups in total. The molecule has 0 aromatic carbocycles. The molecule has 0 radical (unpaired) electrons. The second-order valence-corrected chi connectivity index (χ2v) is 7.17. The van der Waals surface area contributed by atoms with Gasteiger partial charge in [-0.1, -0.05) is 6.07 Å². The Bertz CT molecular complexity index is 646. The van der Waals surface area contributed by atoms with E-state index in [-0.39, 0.29) is 11.6 Å². The fourth-order valence-corrected chi connectivity index (χ4v) is 3.89. The summed E-state index contributed by atoms with van der Waals surface area (Å²) in [4.78, 5) is 0.979. The number of rotatable bonds is 5. The first kappa shape index (κ1) is 14.2. The number of hydrogen-bond donors (Lipinski definition) is 2. The summed E-state index contributed by atoms with van der Waals surface area (Å²) in [6.07, 6.45) is 0. The van der Waals surface area contributed by atoms with E-state index < -0.39 is 10.0 Å². The number of nitrogens with one attached hydrogen (secondary N) is 1. The molecule has 104 valence electrons. The first-order valence-electron chi connectivity index (χ1n) is 5.69. The number of hydrogen-bond acceptors (Lipinski definition) is 5. The van der Waals surface area contributed by atoms with E-state index in [1.54, 1.807) is 14.0 Å². The largest absolute Gasteiger partial charge is 0.326 e. The van der Waals surface area contributed by atoms with Crippen LogP contribution in [0.15, 0.2) is 22.5 Å². The van der Waals surface area contributed by atoms with Crippen LogP contribution in [0.3, 0.4) is 0 Å². The van der Waals surface area contributed by atoms with Gasteiger partial charge < -0.3 is 5.73 Å². The van der Waals surface area contributed by atoms with E-state index in [0.29, 0.717) is 17.8 Å². The molecule has 19 heavy (non-hydrogen) atoms. The zero-order valence-corrected chi connectivity index (χ0v) is 12.4. The molecule has 0 atom stereocenters. The van der Waals surface area contributed by atoms with Gasteiger partial charge in [-0.3, -0.25) is 5.10 Å². The Kier molecular flexibility index (Phi) is 4.04. The third-order valence-corrected chi connectivity index (χ3v) is 5.49. The van der Waals surface area contributed by atoms with Crippen molar-refractivity contribution in [3.63, 3.8) is 0 Å². The lowest BCUT2D eigenvalue weighted by molar-refractivity contribution is 0.465. The van der Waals surface area contributed by atoms with E-state index >= 15 is 0 Å². The monoisotopic (exact) mass is 300 g/mol. The molecule has 6 nitrogen and oxygen atoms in total. The number of thiophene rings is 1. The van der Waals surface area contributed by atoms with E-state index in [9.17, 15) is 8.42 Å². The van der Waals surface area contributed by atoms with Crippen LogP contribution in [-0.2, 0) is 23.1 Å². The van der Waals surface area contributed by atoms with Crippen LogP contribution in [0.4, 0.5) is 0 Å². The maximum Gasteiger partial charge on any atom is 0.262 e. The van der Waals surface area contributed by atoms with Crippen molar-refractivity contribution in [2.24, 2.45) is 5.73 Å². The van der Waals surface area contributed by atoms with Gasteiger partial charge in [0.1, 0.15) is 0 Å². The van der Waals surface area contributed by atoms with Gasteiger partial charge in [-0.05, 0) is 18.4 Å². The second-order valence-electron chi connectivity index (χ2n) is 4.18. The number of aromatic amines is 1. The summed E-state index contributed by atoms with van der Waals surface area (Å²) in [5.41, 5.74) is 6.81. The van der Waals surface area contributed by atoms with Crippen LogP contribution < -0.4 is 5.73 Å². The molecule has 8 heteroatoms. The number of aromatic nitrogens is 2. The van der Waals surface area contributed by atoms with Crippen molar-refractivity contribution >= 4 is 21.4 Å². The highest BCUT2D eigenvalue weighted by atomic mass is 32.2. The van der Waals surface area contributed by atoms with Gasteiger partial charge in [0, 0.05) is 36.3 Å². The fourth-order valence-electron chi connectivity index (χ4n) is 1.74. The van der Waals surface area contributed by atoms with E-state index in [0.717, 1.165) is 4.88 Å². The number of aryl methyl sites for hydroxylation is 1. The topological polar surface area (TPSA) is 92.1 Å². The predicted octanol–water partition coefficient (Wildman–Crippen LogP) is 1.06. The zero-order chi connectivity index (χ0) is 14.0. The van der Waals surface area contributed by atoms with Crippen LogP contribution in [0.25, 0.3) is 0 Å². The van der Waals surface area contributed by atoms with E-state index in [2.05, 4.69) is 10.2 Å². The lowest BCUT2D eigenvalue weighted by Gasteiger charge is -2.15. The van der Waals surface area contributed by atoms with Crippen LogP contribution in [-0.4, -0.2) is 30.0 Å². The van der Waals surface area contributed by atoms with E-state index in [1.807, 2.05) is 17.5 Å². The number of sulfonamides is 1. The van der Waals surface area contributed by atoms with Crippen LogP contribution in [0.5, 0.6) is 0 Å². The van der Waals surface area contributed by atoms with Crippen LogP contribution >= 0.6 is 11.3 Å². The molecule has 0 aliphatic heterocycles. The average Bonchev–Trinajstić information content (AvgIpc) is 2.98. The number of nitrogens with two attached hydrogens (primary N) is 1. The molecular weight excluding hydrogens is 284 g/mol. The van der Waals surface area contributed by atoms with Gasteiger partial charge >= 0.3 is 0 Å².